The number of hydrogen-bond donors (Lipinski definition) is 1. The van der Waals surface area contributed by atoms with E-state index in [1.165, 1.54) is 11.0 Å². The molecule has 0 spiro atoms. The molecular weight excluding hydrogens is 168 g/mol. The van der Waals surface area contributed by atoms with Crippen LogP contribution in [0.4, 0.5) is 0 Å². The third-order valence-electron chi connectivity index (χ3n) is 1.32. The fourth-order valence-corrected chi connectivity index (χ4v) is 0.854. The molecule has 0 atom stereocenters. The molecule has 72 valence electrons. The van der Waals surface area contributed by atoms with E-state index in [1.54, 1.807) is 7.05 Å². The Morgan fingerprint density at radius 2 is 2.15 bits per heavy atom. The molecule has 0 aliphatic heterocycles. The van der Waals surface area contributed by atoms with Gasteiger partial charge in [0.2, 0.25) is 0 Å². The van der Waals surface area contributed by atoms with Gasteiger partial charge in [0, 0.05) is 12.6 Å². The van der Waals surface area contributed by atoms with Crippen LogP contribution in [0.25, 0.3) is 0 Å². The number of rotatable bonds is 1. The maximum Gasteiger partial charge on any atom is 0.273 e. The number of aromatic nitrogens is 3. The molecule has 0 aliphatic carbocycles. The zero-order valence-electron chi connectivity index (χ0n) is 8.33. The predicted octanol–water partition coefficient (Wildman–Crippen LogP) is 0.343. The van der Waals surface area contributed by atoms with Crippen LogP contribution in [-0.4, -0.2) is 26.4 Å². The van der Waals surface area contributed by atoms with Crippen molar-refractivity contribution in [1.82, 2.24) is 20.3 Å². The minimum absolute atomic E-state index is 0.194. The van der Waals surface area contributed by atoms with Crippen LogP contribution >= 0.6 is 0 Å². The second kappa shape index (κ2) is 3.16. The van der Waals surface area contributed by atoms with E-state index in [2.05, 4.69) is 15.5 Å². The minimum atomic E-state index is -0.241. The zero-order valence-corrected chi connectivity index (χ0v) is 8.33. The van der Waals surface area contributed by atoms with Crippen LogP contribution < -0.4 is 5.32 Å². The Balaban J connectivity index is 2.70. The maximum absolute atomic E-state index is 11.4. The molecule has 0 radical (unpaired) electrons. The highest BCUT2D eigenvalue weighted by atomic mass is 16.2. The smallest absolute Gasteiger partial charge is 0.273 e. The van der Waals surface area contributed by atoms with Gasteiger partial charge in [-0.3, -0.25) is 4.79 Å². The van der Waals surface area contributed by atoms with Gasteiger partial charge in [-0.2, -0.15) is 9.90 Å². The van der Waals surface area contributed by atoms with Crippen molar-refractivity contribution in [2.75, 3.05) is 0 Å². The second-order valence-corrected chi connectivity index (χ2v) is 3.92. The quantitative estimate of drug-likeness (QED) is 0.681. The van der Waals surface area contributed by atoms with Gasteiger partial charge in [0.05, 0.1) is 6.20 Å². The van der Waals surface area contributed by atoms with E-state index in [1.807, 2.05) is 20.8 Å². The molecule has 0 bridgehead atoms. The van der Waals surface area contributed by atoms with Gasteiger partial charge in [-0.1, -0.05) is 0 Å². The lowest BCUT2D eigenvalue weighted by Crippen LogP contribution is -2.40. The Labute approximate surface area is 77.1 Å². The Bertz CT molecular complexity index is 310. The van der Waals surface area contributed by atoms with E-state index in [0.29, 0.717) is 5.69 Å². The lowest BCUT2D eigenvalue weighted by atomic mass is 10.1. The van der Waals surface area contributed by atoms with E-state index in [9.17, 15) is 4.79 Å². The molecule has 5 nitrogen and oxygen atoms in total. The predicted molar refractivity (Wildman–Crippen MR) is 48.2 cm³/mol. The molecule has 0 fully saturated rings. The monoisotopic (exact) mass is 182 g/mol. The van der Waals surface area contributed by atoms with E-state index in [4.69, 9.17) is 0 Å². The Hall–Kier alpha value is -1.39. The molecule has 1 heterocycles. The Morgan fingerprint density at radius 3 is 2.54 bits per heavy atom. The molecule has 0 saturated carbocycles. The van der Waals surface area contributed by atoms with Gasteiger partial charge in [0.25, 0.3) is 5.91 Å². The summed E-state index contributed by atoms with van der Waals surface area (Å²) in [4.78, 5) is 12.8. The molecule has 0 unspecified atom stereocenters. The second-order valence-electron chi connectivity index (χ2n) is 3.92. The molecule has 1 aromatic rings. The average Bonchev–Trinajstić information content (AvgIpc) is 2.31. The van der Waals surface area contributed by atoms with Gasteiger partial charge in [0.15, 0.2) is 5.69 Å². The SMILES string of the molecule is Cn1ncc(C(=O)NC(C)(C)C)n1. The molecule has 1 amide bonds. The number of carbonyl (C=O) groups excluding carboxylic acids is 1. The van der Waals surface area contributed by atoms with Crippen molar-refractivity contribution in [2.45, 2.75) is 26.3 Å². The van der Waals surface area contributed by atoms with Crippen molar-refractivity contribution in [2.24, 2.45) is 7.05 Å². The number of nitrogens with zero attached hydrogens (tertiary/aromatic N) is 3. The molecule has 13 heavy (non-hydrogen) atoms. The first kappa shape index (κ1) is 9.70. The number of nitrogens with one attached hydrogen (secondary N) is 1. The third-order valence-corrected chi connectivity index (χ3v) is 1.32. The summed E-state index contributed by atoms with van der Waals surface area (Å²) < 4.78 is 0. The first-order valence-electron chi connectivity index (χ1n) is 4.07. The lowest BCUT2D eigenvalue weighted by molar-refractivity contribution is 0.0913. The van der Waals surface area contributed by atoms with Crippen LogP contribution in [0.5, 0.6) is 0 Å². The van der Waals surface area contributed by atoms with Gasteiger partial charge < -0.3 is 5.32 Å². The Kier molecular flexibility index (Phi) is 2.36. The fourth-order valence-electron chi connectivity index (χ4n) is 0.854. The lowest BCUT2D eigenvalue weighted by Gasteiger charge is -2.19. The van der Waals surface area contributed by atoms with Crippen molar-refractivity contribution in [3.05, 3.63) is 11.9 Å². The van der Waals surface area contributed by atoms with Crippen molar-refractivity contribution < 1.29 is 4.79 Å². The topological polar surface area (TPSA) is 59.8 Å². The van der Waals surface area contributed by atoms with Gasteiger partial charge in [-0.25, -0.2) is 0 Å². The summed E-state index contributed by atoms with van der Waals surface area (Å²) in [6.45, 7) is 5.75. The number of hydrogen-bond acceptors (Lipinski definition) is 3. The van der Waals surface area contributed by atoms with Crippen LogP contribution in [0, 0.1) is 0 Å². The molecule has 1 aromatic heterocycles. The molecule has 1 N–H and O–H groups in total. The van der Waals surface area contributed by atoms with Crippen LogP contribution in [-0.2, 0) is 7.05 Å². The van der Waals surface area contributed by atoms with Crippen LogP contribution in [0.2, 0.25) is 0 Å². The zero-order chi connectivity index (χ0) is 10.1. The highest BCUT2D eigenvalue weighted by Gasteiger charge is 2.17. The van der Waals surface area contributed by atoms with Gasteiger partial charge in [0.1, 0.15) is 0 Å². The summed E-state index contributed by atoms with van der Waals surface area (Å²) in [5.74, 6) is -0.194. The highest BCUT2D eigenvalue weighted by Crippen LogP contribution is 2.01. The Morgan fingerprint density at radius 1 is 1.54 bits per heavy atom. The number of aryl methyl sites for hydroxylation is 1. The average molecular weight is 182 g/mol. The van der Waals surface area contributed by atoms with Crippen molar-refractivity contribution in [1.29, 1.82) is 0 Å². The normalized spacial score (nSPS) is 11.4. The summed E-state index contributed by atoms with van der Waals surface area (Å²) >= 11 is 0. The van der Waals surface area contributed by atoms with Gasteiger partial charge in [-0.05, 0) is 20.8 Å². The number of carbonyl (C=O) groups is 1. The summed E-state index contributed by atoms with van der Waals surface area (Å²) in [6.07, 6.45) is 1.45. The minimum Gasteiger partial charge on any atom is -0.346 e. The fraction of sp³-hybridized carbons (Fsp3) is 0.625. The van der Waals surface area contributed by atoms with E-state index >= 15 is 0 Å². The molecule has 0 saturated heterocycles. The third kappa shape index (κ3) is 2.85. The van der Waals surface area contributed by atoms with E-state index < -0.39 is 0 Å². The summed E-state index contributed by atoms with van der Waals surface area (Å²) in [7, 11) is 1.67. The molecule has 1 rings (SSSR count). The molecular formula is C8H14N4O. The highest BCUT2D eigenvalue weighted by molar-refractivity contribution is 5.92. The summed E-state index contributed by atoms with van der Waals surface area (Å²) in [5, 5.41) is 10.5. The molecule has 0 aliphatic rings. The van der Waals surface area contributed by atoms with Crippen LogP contribution in [0.15, 0.2) is 6.20 Å². The first-order chi connectivity index (χ1) is 5.88. The van der Waals surface area contributed by atoms with Crippen LogP contribution in [0.1, 0.15) is 31.3 Å². The molecule has 5 heteroatoms. The summed E-state index contributed by atoms with van der Waals surface area (Å²) in [6, 6.07) is 0. The largest absolute Gasteiger partial charge is 0.346 e. The summed E-state index contributed by atoms with van der Waals surface area (Å²) in [5.41, 5.74) is 0.103. The van der Waals surface area contributed by atoms with Gasteiger partial charge in [-0.15, -0.1) is 5.10 Å². The van der Waals surface area contributed by atoms with Crippen molar-refractivity contribution >= 4 is 5.91 Å². The number of amides is 1. The van der Waals surface area contributed by atoms with E-state index in [0.717, 1.165) is 0 Å². The van der Waals surface area contributed by atoms with Gasteiger partial charge >= 0.3 is 0 Å². The van der Waals surface area contributed by atoms with Crippen molar-refractivity contribution in [3.8, 4) is 0 Å². The first-order valence-corrected chi connectivity index (χ1v) is 4.07. The van der Waals surface area contributed by atoms with Crippen LogP contribution in [0.3, 0.4) is 0 Å². The van der Waals surface area contributed by atoms with E-state index in [-0.39, 0.29) is 11.4 Å². The molecule has 0 aromatic carbocycles. The van der Waals surface area contributed by atoms with Crippen molar-refractivity contribution in [3.63, 3.8) is 0 Å². The standard InChI is InChI=1S/C8H14N4O/c1-8(2,3)10-7(13)6-5-9-12(4)11-6/h5H,1-4H3,(H,10,13). The maximum atomic E-state index is 11.4.